The lowest BCUT2D eigenvalue weighted by molar-refractivity contribution is -0.114. The molecule has 2 fully saturated rings. The predicted octanol–water partition coefficient (Wildman–Crippen LogP) is 1.89. The number of carbonyl (C=O) groups is 1. The Labute approximate surface area is 138 Å². The normalized spacial score (nSPS) is 27.8. The number of benzene rings is 1. The van der Waals surface area contributed by atoms with Gasteiger partial charge in [-0.05, 0) is 36.5 Å². The van der Waals surface area contributed by atoms with Crippen LogP contribution in [0.15, 0.2) is 24.3 Å². The van der Waals surface area contributed by atoms with E-state index in [1.54, 1.807) is 0 Å². The topological polar surface area (TPSA) is 62.4 Å². The van der Waals surface area contributed by atoms with Crippen LogP contribution in [-0.4, -0.2) is 37.7 Å². The summed E-state index contributed by atoms with van der Waals surface area (Å²) in [5.74, 6) is 0.614. The van der Waals surface area contributed by atoms with Gasteiger partial charge in [0.05, 0.1) is 13.2 Å². The first-order chi connectivity index (χ1) is 11.2. The SMILES string of the molecule is CC(=O)Nc1cccc(CNC2CCCC2C2COCCN2)c1. The summed E-state index contributed by atoms with van der Waals surface area (Å²) in [5.41, 5.74) is 2.07. The van der Waals surface area contributed by atoms with Crippen LogP contribution in [0, 0.1) is 5.92 Å². The highest BCUT2D eigenvalue weighted by atomic mass is 16.5. The number of morpholine rings is 1. The summed E-state index contributed by atoms with van der Waals surface area (Å²) in [6.07, 6.45) is 3.78. The zero-order chi connectivity index (χ0) is 16.1. The molecule has 5 nitrogen and oxygen atoms in total. The van der Waals surface area contributed by atoms with E-state index in [0.29, 0.717) is 18.0 Å². The third kappa shape index (κ3) is 4.53. The van der Waals surface area contributed by atoms with E-state index in [1.807, 2.05) is 18.2 Å². The minimum Gasteiger partial charge on any atom is -0.379 e. The Balaban J connectivity index is 1.55. The Morgan fingerprint density at radius 2 is 2.30 bits per heavy atom. The standard InChI is InChI=1S/C18H27N3O2/c1-13(22)21-15-5-2-4-14(10-15)11-20-17-7-3-6-16(17)18-12-23-9-8-19-18/h2,4-5,10,16-20H,3,6-9,11-12H2,1H3,(H,21,22). The van der Waals surface area contributed by atoms with Crippen molar-refractivity contribution in [3.63, 3.8) is 0 Å². The molecule has 1 aromatic rings. The van der Waals surface area contributed by atoms with E-state index in [0.717, 1.165) is 32.0 Å². The Kier molecular flexibility index (Phi) is 5.65. The molecule has 1 aromatic carbocycles. The third-order valence-electron chi connectivity index (χ3n) is 4.85. The minimum atomic E-state index is -0.0330. The summed E-state index contributed by atoms with van der Waals surface area (Å²) in [5, 5.41) is 10.2. The molecule has 1 saturated heterocycles. The monoisotopic (exact) mass is 317 g/mol. The number of rotatable bonds is 5. The first-order valence-corrected chi connectivity index (χ1v) is 8.63. The predicted molar refractivity (Wildman–Crippen MR) is 91.3 cm³/mol. The summed E-state index contributed by atoms with van der Waals surface area (Å²) in [6, 6.07) is 9.08. The molecule has 3 atom stereocenters. The highest BCUT2D eigenvalue weighted by Gasteiger charge is 2.34. The van der Waals surface area contributed by atoms with Crippen LogP contribution in [0.1, 0.15) is 31.7 Å². The zero-order valence-corrected chi connectivity index (χ0v) is 13.8. The number of anilines is 1. The van der Waals surface area contributed by atoms with Crippen LogP contribution in [0.25, 0.3) is 0 Å². The van der Waals surface area contributed by atoms with Crippen LogP contribution in [0.3, 0.4) is 0 Å². The molecule has 126 valence electrons. The molecule has 1 heterocycles. The second-order valence-corrected chi connectivity index (χ2v) is 6.60. The molecule has 0 radical (unpaired) electrons. The van der Waals surface area contributed by atoms with Crippen molar-refractivity contribution in [2.45, 2.75) is 44.8 Å². The smallest absolute Gasteiger partial charge is 0.221 e. The number of amides is 1. The highest BCUT2D eigenvalue weighted by molar-refractivity contribution is 5.88. The van der Waals surface area contributed by atoms with Crippen molar-refractivity contribution in [3.05, 3.63) is 29.8 Å². The van der Waals surface area contributed by atoms with E-state index in [1.165, 1.54) is 31.7 Å². The Morgan fingerprint density at radius 1 is 1.39 bits per heavy atom. The molecule has 23 heavy (non-hydrogen) atoms. The van der Waals surface area contributed by atoms with Crippen molar-refractivity contribution in [1.29, 1.82) is 0 Å². The number of hydrogen-bond donors (Lipinski definition) is 3. The van der Waals surface area contributed by atoms with Gasteiger partial charge in [-0.3, -0.25) is 4.79 Å². The van der Waals surface area contributed by atoms with Gasteiger partial charge >= 0.3 is 0 Å². The average molecular weight is 317 g/mol. The van der Waals surface area contributed by atoms with Crippen molar-refractivity contribution in [2.24, 2.45) is 5.92 Å². The van der Waals surface area contributed by atoms with Gasteiger partial charge in [-0.2, -0.15) is 0 Å². The Morgan fingerprint density at radius 3 is 3.09 bits per heavy atom. The lowest BCUT2D eigenvalue weighted by Gasteiger charge is -2.33. The molecule has 1 amide bonds. The summed E-state index contributed by atoms with van der Waals surface area (Å²) in [4.78, 5) is 11.2. The number of nitrogens with one attached hydrogen (secondary N) is 3. The van der Waals surface area contributed by atoms with Gasteiger partial charge in [0.15, 0.2) is 0 Å². The lowest BCUT2D eigenvalue weighted by Crippen LogP contribution is -2.50. The number of carbonyl (C=O) groups excluding carboxylic acids is 1. The van der Waals surface area contributed by atoms with Crippen LogP contribution >= 0.6 is 0 Å². The maximum absolute atomic E-state index is 11.2. The van der Waals surface area contributed by atoms with Gasteiger partial charge < -0.3 is 20.7 Å². The van der Waals surface area contributed by atoms with Gasteiger partial charge in [0.2, 0.25) is 5.91 Å². The Hall–Kier alpha value is -1.43. The van der Waals surface area contributed by atoms with Crippen LogP contribution < -0.4 is 16.0 Å². The lowest BCUT2D eigenvalue weighted by atomic mass is 9.94. The van der Waals surface area contributed by atoms with E-state index in [-0.39, 0.29) is 5.91 Å². The van der Waals surface area contributed by atoms with E-state index in [2.05, 4.69) is 22.0 Å². The maximum atomic E-state index is 11.2. The Bertz CT molecular complexity index is 529. The fourth-order valence-corrected chi connectivity index (χ4v) is 3.80. The van der Waals surface area contributed by atoms with E-state index >= 15 is 0 Å². The average Bonchev–Trinajstić information content (AvgIpc) is 3.02. The molecular weight excluding hydrogens is 290 g/mol. The summed E-state index contributed by atoms with van der Waals surface area (Å²) in [6.45, 7) is 5.00. The second-order valence-electron chi connectivity index (χ2n) is 6.60. The van der Waals surface area contributed by atoms with Crippen LogP contribution in [-0.2, 0) is 16.1 Å². The summed E-state index contributed by atoms with van der Waals surface area (Å²) < 4.78 is 5.63. The van der Waals surface area contributed by atoms with E-state index in [9.17, 15) is 4.79 Å². The van der Waals surface area contributed by atoms with Crippen LogP contribution in [0.2, 0.25) is 0 Å². The molecule has 0 bridgehead atoms. The van der Waals surface area contributed by atoms with E-state index in [4.69, 9.17) is 4.74 Å². The van der Waals surface area contributed by atoms with Gasteiger partial charge in [0, 0.05) is 37.8 Å². The van der Waals surface area contributed by atoms with Gasteiger partial charge in [-0.25, -0.2) is 0 Å². The molecular formula is C18H27N3O2. The quantitative estimate of drug-likeness (QED) is 0.776. The van der Waals surface area contributed by atoms with Gasteiger partial charge in [0.25, 0.3) is 0 Å². The third-order valence-corrected chi connectivity index (χ3v) is 4.85. The molecule has 2 aliphatic rings. The molecule has 3 N–H and O–H groups in total. The van der Waals surface area contributed by atoms with Crippen molar-refractivity contribution >= 4 is 11.6 Å². The summed E-state index contributed by atoms with van der Waals surface area (Å²) in [7, 11) is 0. The fraction of sp³-hybridized carbons (Fsp3) is 0.611. The van der Waals surface area contributed by atoms with Crippen molar-refractivity contribution < 1.29 is 9.53 Å². The first kappa shape index (κ1) is 16.4. The van der Waals surface area contributed by atoms with Crippen molar-refractivity contribution in [3.8, 4) is 0 Å². The van der Waals surface area contributed by atoms with Crippen LogP contribution in [0.5, 0.6) is 0 Å². The van der Waals surface area contributed by atoms with Gasteiger partial charge in [-0.15, -0.1) is 0 Å². The van der Waals surface area contributed by atoms with Crippen LogP contribution in [0.4, 0.5) is 5.69 Å². The highest BCUT2D eigenvalue weighted by Crippen LogP contribution is 2.29. The van der Waals surface area contributed by atoms with E-state index < -0.39 is 0 Å². The van der Waals surface area contributed by atoms with Gasteiger partial charge in [-0.1, -0.05) is 18.6 Å². The number of hydrogen-bond acceptors (Lipinski definition) is 4. The fourth-order valence-electron chi connectivity index (χ4n) is 3.80. The maximum Gasteiger partial charge on any atom is 0.221 e. The van der Waals surface area contributed by atoms with Crippen molar-refractivity contribution in [2.75, 3.05) is 25.1 Å². The summed E-state index contributed by atoms with van der Waals surface area (Å²) >= 11 is 0. The largest absolute Gasteiger partial charge is 0.379 e. The molecule has 0 aromatic heterocycles. The molecule has 0 spiro atoms. The van der Waals surface area contributed by atoms with Gasteiger partial charge in [0.1, 0.15) is 0 Å². The molecule has 1 aliphatic carbocycles. The molecule has 5 heteroatoms. The molecule has 1 saturated carbocycles. The zero-order valence-electron chi connectivity index (χ0n) is 13.8. The molecule has 3 unspecified atom stereocenters. The minimum absolute atomic E-state index is 0.0330. The number of ether oxygens (including phenoxy) is 1. The van der Waals surface area contributed by atoms with Crippen molar-refractivity contribution in [1.82, 2.24) is 10.6 Å². The second kappa shape index (κ2) is 7.90. The molecule has 1 aliphatic heterocycles. The molecule has 3 rings (SSSR count). The first-order valence-electron chi connectivity index (χ1n) is 8.63.